The van der Waals surface area contributed by atoms with Crippen molar-refractivity contribution in [1.29, 1.82) is 0 Å². The Morgan fingerprint density at radius 3 is 2.30 bits per heavy atom. The van der Waals surface area contributed by atoms with Gasteiger partial charge in [0.15, 0.2) is 0 Å². The summed E-state index contributed by atoms with van der Waals surface area (Å²) in [5, 5.41) is 1.55. The van der Waals surface area contributed by atoms with Crippen molar-refractivity contribution in [3.63, 3.8) is 0 Å². The van der Waals surface area contributed by atoms with Gasteiger partial charge < -0.3 is 0 Å². The molecule has 0 aliphatic rings. The highest BCUT2D eigenvalue weighted by Gasteiger charge is 2.17. The Kier molecular flexibility index (Phi) is 4.45. The summed E-state index contributed by atoms with van der Waals surface area (Å²) in [7, 11) is -4.20. The maximum Gasteiger partial charge on any atom is 0.295 e. The Balaban J connectivity index is 2.86. The Morgan fingerprint density at radius 2 is 1.70 bits per heavy atom. The maximum absolute atomic E-state index is 11.6. The predicted molar refractivity (Wildman–Crippen MR) is 81.8 cm³/mol. The molecule has 0 saturated carbocycles. The molecule has 0 spiro atoms. The van der Waals surface area contributed by atoms with Crippen molar-refractivity contribution < 1.29 is 13.0 Å². The second kappa shape index (κ2) is 5.94. The van der Waals surface area contributed by atoms with Crippen LogP contribution in [0.3, 0.4) is 0 Å². The van der Waals surface area contributed by atoms with Crippen molar-refractivity contribution in [2.45, 2.75) is 44.4 Å². The third-order valence-corrected chi connectivity index (χ3v) is 4.41. The van der Waals surface area contributed by atoms with Crippen LogP contribution in [0.15, 0.2) is 35.2 Å². The van der Waals surface area contributed by atoms with Crippen LogP contribution < -0.4 is 0 Å². The summed E-state index contributed by atoms with van der Waals surface area (Å²) in [5.74, 6) is 0. The van der Waals surface area contributed by atoms with E-state index in [1.54, 1.807) is 6.07 Å². The molecule has 2 aromatic carbocycles. The van der Waals surface area contributed by atoms with Gasteiger partial charge in [-0.15, -0.1) is 0 Å². The molecule has 2 rings (SSSR count). The summed E-state index contributed by atoms with van der Waals surface area (Å²) in [6.45, 7) is 4.18. The second-order valence-corrected chi connectivity index (χ2v) is 6.42. The van der Waals surface area contributed by atoms with Gasteiger partial charge in [-0.1, -0.05) is 51.0 Å². The van der Waals surface area contributed by atoms with Crippen LogP contribution in [-0.2, 0) is 23.0 Å². The van der Waals surface area contributed by atoms with E-state index >= 15 is 0 Å². The topological polar surface area (TPSA) is 54.4 Å². The van der Waals surface area contributed by atoms with E-state index in [0.717, 1.165) is 36.6 Å². The minimum atomic E-state index is -4.20. The van der Waals surface area contributed by atoms with Crippen LogP contribution in [0, 0.1) is 0 Å². The highest BCUT2D eigenvalue weighted by Crippen LogP contribution is 2.30. The van der Waals surface area contributed by atoms with Crippen LogP contribution in [0.2, 0.25) is 0 Å². The monoisotopic (exact) mass is 292 g/mol. The van der Waals surface area contributed by atoms with Gasteiger partial charge in [-0.05, 0) is 35.4 Å². The van der Waals surface area contributed by atoms with Crippen molar-refractivity contribution in [2.24, 2.45) is 0 Å². The summed E-state index contributed by atoms with van der Waals surface area (Å²) < 4.78 is 32.7. The normalized spacial score (nSPS) is 11.9. The summed E-state index contributed by atoms with van der Waals surface area (Å²) in [4.78, 5) is 0.0244. The molecule has 0 aliphatic carbocycles. The average Bonchev–Trinajstić information content (AvgIpc) is 2.40. The molecule has 20 heavy (non-hydrogen) atoms. The van der Waals surface area contributed by atoms with Crippen molar-refractivity contribution >= 4 is 20.9 Å². The first-order valence-corrected chi connectivity index (χ1v) is 8.44. The zero-order valence-electron chi connectivity index (χ0n) is 11.9. The van der Waals surface area contributed by atoms with Gasteiger partial charge in [0.05, 0.1) is 0 Å². The van der Waals surface area contributed by atoms with Crippen LogP contribution in [-0.4, -0.2) is 13.0 Å². The van der Waals surface area contributed by atoms with Gasteiger partial charge >= 0.3 is 0 Å². The van der Waals surface area contributed by atoms with Gasteiger partial charge in [-0.25, -0.2) is 0 Å². The smallest absolute Gasteiger partial charge is 0.282 e. The molecule has 0 saturated heterocycles. The van der Waals surface area contributed by atoms with Crippen molar-refractivity contribution in [3.8, 4) is 0 Å². The Hall–Kier alpha value is -1.39. The molecule has 0 heterocycles. The fourth-order valence-electron chi connectivity index (χ4n) is 2.72. The van der Waals surface area contributed by atoms with E-state index in [1.807, 2.05) is 12.1 Å². The average molecular weight is 292 g/mol. The van der Waals surface area contributed by atoms with Gasteiger partial charge in [0.2, 0.25) is 0 Å². The molecule has 0 fully saturated rings. The lowest BCUT2D eigenvalue weighted by molar-refractivity contribution is 0.484. The van der Waals surface area contributed by atoms with Gasteiger partial charge in [0.1, 0.15) is 4.90 Å². The van der Waals surface area contributed by atoms with E-state index in [4.69, 9.17) is 0 Å². The molecule has 0 unspecified atom stereocenters. The molecule has 0 radical (unpaired) electrons. The van der Waals surface area contributed by atoms with Gasteiger partial charge in [-0.2, -0.15) is 8.42 Å². The first-order chi connectivity index (χ1) is 9.49. The number of hydrogen-bond acceptors (Lipinski definition) is 2. The number of benzene rings is 2. The fourth-order valence-corrected chi connectivity index (χ4v) is 3.47. The van der Waals surface area contributed by atoms with E-state index in [-0.39, 0.29) is 4.90 Å². The Labute approximate surface area is 120 Å². The lowest BCUT2D eigenvalue weighted by Gasteiger charge is -2.14. The van der Waals surface area contributed by atoms with Crippen molar-refractivity contribution in [1.82, 2.24) is 0 Å². The molecule has 1 N–H and O–H groups in total. The van der Waals surface area contributed by atoms with Crippen LogP contribution in [0.1, 0.15) is 37.8 Å². The number of hydrogen-bond donors (Lipinski definition) is 1. The van der Waals surface area contributed by atoms with E-state index in [1.165, 1.54) is 11.6 Å². The van der Waals surface area contributed by atoms with Gasteiger partial charge in [0, 0.05) is 5.39 Å². The zero-order valence-corrected chi connectivity index (χ0v) is 12.7. The quantitative estimate of drug-likeness (QED) is 0.848. The number of rotatable bonds is 5. The van der Waals surface area contributed by atoms with Crippen LogP contribution in [0.4, 0.5) is 0 Å². The minimum absolute atomic E-state index is 0.0244. The summed E-state index contributed by atoms with van der Waals surface area (Å²) in [5.41, 5.74) is 2.23. The molecular weight excluding hydrogens is 272 g/mol. The number of aryl methyl sites for hydroxylation is 2. The standard InChI is InChI=1S/C16H20O3S/c1-3-6-12-10-11-13-8-5-9-15(20(17,18)19)16(13)14(12)7-4-2/h5,8-11H,3-4,6-7H2,1-2H3,(H,17,18,19). The molecule has 4 heteroatoms. The Bertz CT molecular complexity index is 718. The van der Waals surface area contributed by atoms with Gasteiger partial charge in [-0.3, -0.25) is 4.55 Å². The second-order valence-electron chi connectivity index (χ2n) is 5.03. The highest BCUT2D eigenvalue weighted by atomic mass is 32.2. The van der Waals surface area contributed by atoms with Crippen LogP contribution in [0.5, 0.6) is 0 Å². The summed E-state index contributed by atoms with van der Waals surface area (Å²) >= 11 is 0. The molecule has 0 aliphatic heterocycles. The SMILES string of the molecule is CCCc1ccc2cccc(S(=O)(=O)O)c2c1CCC. The molecule has 0 amide bonds. The lowest BCUT2D eigenvalue weighted by Crippen LogP contribution is -2.03. The first kappa shape index (κ1) is 15.0. The third-order valence-electron chi connectivity index (χ3n) is 3.51. The molecule has 3 nitrogen and oxygen atoms in total. The zero-order chi connectivity index (χ0) is 14.8. The van der Waals surface area contributed by atoms with E-state index in [0.29, 0.717) is 5.39 Å². The summed E-state index contributed by atoms with van der Waals surface area (Å²) in [6.07, 6.45) is 3.69. The van der Waals surface area contributed by atoms with E-state index < -0.39 is 10.1 Å². The largest absolute Gasteiger partial charge is 0.295 e. The van der Waals surface area contributed by atoms with Crippen LogP contribution >= 0.6 is 0 Å². The summed E-state index contributed by atoms with van der Waals surface area (Å²) in [6, 6.07) is 9.05. The minimum Gasteiger partial charge on any atom is -0.282 e. The molecular formula is C16H20O3S. The first-order valence-electron chi connectivity index (χ1n) is 7.00. The van der Waals surface area contributed by atoms with E-state index in [2.05, 4.69) is 19.9 Å². The van der Waals surface area contributed by atoms with Crippen LogP contribution in [0.25, 0.3) is 10.8 Å². The fraction of sp³-hybridized carbons (Fsp3) is 0.375. The molecule has 2 aromatic rings. The third kappa shape index (κ3) is 2.86. The predicted octanol–water partition coefficient (Wildman–Crippen LogP) is 3.99. The lowest BCUT2D eigenvalue weighted by atomic mass is 9.93. The van der Waals surface area contributed by atoms with E-state index in [9.17, 15) is 13.0 Å². The molecule has 0 atom stereocenters. The molecule has 0 bridgehead atoms. The molecule has 108 valence electrons. The number of fused-ring (bicyclic) bond motifs is 1. The highest BCUT2D eigenvalue weighted by molar-refractivity contribution is 7.86. The van der Waals surface area contributed by atoms with Crippen molar-refractivity contribution in [2.75, 3.05) is 0 Å². The Morgan fingerprint density at radius 1 is 1.00 bits per heavy atom. The van der Waals surface area contributed by atoms with Crippen molar-refractivity contribution in [3.05, 3.63) is 41.5 Å². The van der Waals surface area contributed by atoms with Gasteiger partial charge in [0.25, 0.3) is 10.1 Å². The molecule has 0 aromatic heterocycles. The maximum atomic E-state index is 11.6.